The molecule has 4 nitrogen and oxygen atoms in total. The first-order valence-electron chi connectivity index (χ1n) is 7.01. The average Bonchev–Trinajstić information content (AvgIpc) is 3.20. The van der Waals surface area contributed by atoms with Crippen LogP contribution in [0.25, 0.3) is 0 Å². The van der Waals surface area contributed by atoms with Crippen molar-refractivity contribution >= 4 is 17.2 Å². The smallest absolute Gasteiger partial charge is 0.128 e. The fourth-order valence-corrected chi connectivity index (χ4v) is 2.71. The van der Waals surface area contributed by atoms with Crippen LogP contribution >= 0.6 is 11.3 Å². The fourth-order valence-electron chi connectivity index (χ4n) is 2.10. The van der Waals surface area contributed by atoms with Gasteiger partial charge in [0.05, 0.1) is 17.2 Å². The number of hydrogen-bond donors (Lipinski definition) is 1. The molecular formula is C15H20N4S. The Morgan fingerprint density at radius 2 is 2.25 bits per heavy atom. The molecule has 0 aromatic carbocycles. The van der Waals surface area contributed by atoms with Gasteiger partial charge in [0.1, 0.15) is 5.82 Å². The van der Waals surface area contributed by atoms with Gasteiger partial charge in [-0.3, -0.25) is 0 Å². The number of anilines is 1. The van der Waals surface area contributed by atoms with Gasteiger partial charge in [-0.25, -0.2) is 9.97 Å². The van der Waals surface area contributed by atoms with Crippen LogP contribution in [0.15, 0.2) is 23.7 Å². The van der Waals surface area contributed by atoms with Crippen molar-refractivity contribution in [1.82, 2.24) is 15.3 Å². The monoisotopic (exact) mass is 288 g/mol. The lowest BCUT2D eigenvalue weighted by Crippen LogP contribution is -2.19. The van der Waals surface area contributed by atoms with Gasteiger partial charge in [0.15, 0.2) is 0 Å². The van der Waals surface area contributed by atoms with Crippen molar-refractivity contribution in [2.75, 3.05) is 11.9 Å². The maximum absolute atomic E-state index is 4.54. The molecule has 0 unspecified atom stereocenters. The second-order valence-corrected chi connectivity index (χ2v) is 6.46. The molecule has 5 heteroatoms. The van der Waals surface area contributed by atoms with Crippen molar-refractivity contribution < 1.29 is 0 Å². The van der Waals surface area contributed by atoms with Crippen molar-refractivity contribution in [3.05, 3.63) is 40.0 Å². The molecule has 1 aliphatic carbocycles. The summed E-state index contributed by atoms with van der Waals surface area (Å²) in [5, 5.41) is 6.73. The third kappa shape index (κ3) is 3.55. The highest BCUT2D eigenvalue weighted by molar-refractivity contribution is 7.09. The molecule has 2 aromatic heterocycles. The quantitative estimate of drug-likeness (QED) is 0.887. The van der Waals surface area contributed by atoms with E-state index in [4.69, 9.17) is 0 Å². The highest BCUT2D eigenvalue weighted by atomic mass is 32.1. The number of aromatic nitrogens is 2. The van der Waals surface area contributed by atoms with Crippen LogP contribution in [0.4, 0.5) is 5.82 Å². The Morgan fingerprint density at radius 1 is 1.40 bits per heavy atom. The standard InChI is InChI=1S/C15H20N4S/c1-11-18-14(10-20-11)9-19(2)15-6-3-12(8-17-15)7-16-13-4-5-13/h3,6,8,10,13,16H,4-5,7,9H2,1-2H3. The molecule has 106 valence electrons. The van der Waals surface area contributed by atoms with Crippen molar-refractivity contribution in [3.8, 4) is 0 Å². The molecule has 1 saturated carbocycles. The molecule has 0 amide bonds. The number of pyridine rings is 1. The summed E-state index contributed by atoms with van der Waals surface area (Å²) in [7, 11) is 2.05. The Hall–Kier alpha value is -1.46. The Bertz CT molecular complexity index is 560. The average molecular weight is 288 g/mol. The third-order valence-corrected chi connectivity index (χ3v) is 4.26. The van der Waals surface area contributed by atoms with Crippen LogP contribution in [0.1, 0.15) is 29.1 Å². The maximum atomic E-state index is 4.54. The summed E-state index contributed by atoms with van der Waals surface area (Å²) in [5.74, 6) is 0.992. The molecule has 2 aromatic rings. The zero-order valence-corrected chi connectivity index (χ0v) is 12.8. The van der Waals surface area contributed by atoms with Gasteiger partial charge >= 0.3 is 0 Å². The minimum atomic E-state index is 0.741. The zero-order valence-electron chi connectivity index (χ0n) is 12.0. The second kappa shape index (κ2) is 5.89. The summed E-state index contributed by atoms with van der Waals surface area (Å²) in [6, 6.07) is 4.98. The van der Waals surface area contributed by atoms with E-state index < -0.39 is 0 Å². The summed E-state index contributed by atoms with van der Waals surface area (Å²) in [4.78, 5) is 11.2. The van der Waals surface area contributed by atoms with Crippen LogP contribution < -0.4 is 10.2 Å². The number of nitrogens with one attached hydrogen (secondary N) is 1. The Kier molecular flexibility index (Phi) is 3.98. The van der Waals surface area contributed by atoms with Gasteiger partial charge in [0.2, 0.25) is 0 Å². The largest absolute Gasteiger partial charge is 0.354 e. The maximum Gasteiger partial charge on any atom is 0.128 e. The van der Waals surface area contributed by atoms with E-state index in [2.05, 4.69) is 44.7 Å². The normalized spacial score (nSPS) is 14.5. The van der Waals surface area contributed by atoms with Crippen LogP contribution in [0.3, 0.4) is 0 Å². The topological polar surface area (TPSA) is 41.1 Å². The Morgan fingerprint density at radius 3 is 2.85 bits per heavy atom. The lowest BCUT2D eigenvalue weighted by Gasteiger charge is -2.17. The first-order chi connectivity index (χ1) is 9.70. The van der Waals surface area contributed by atoms with Crippen LogP contribution in [0.5, 0.6) is 0 Å². The summed E-state index contributed by atoms with van der Waals surface area (Å²) < 4.78 is 0. The lowest BCUT2D eigenvalue weighted by molar-refractivity contribution is 0.685. The fraction of sp³-hybridized carbons (Fsp3) is 0.467. The Balaban J connectivity index is 1.57. The molecule has 0 atom stereocenters. The SMILES string of the molecule is Cc1nc(CN(C)c2ccc(CNC3CC3)cn2)cs1. The van der Waals surface area contributed by atoms with Crippen LogP contribution in [0, 0.1) is 6.92 Å². The molecular weight excluding hydrogens is 268 g/mol. The predicted molar refractivity (Wildman–Crippen MR) is 83.1 cm³/mol. The summed E-state index contributed by atoms with van der Waals surface area (Å²) >= 11 is 1.69. The van der Waals surface area contributed by atoms with Gasteiger partial charge in [-0.05, 0) is 31.4 Å². The van der Waals surface area contributed by atoms with Gasteiger partial charge in [-0.15, -0.1) is 11.3 Å². The number of rotatable bonds is 6. The Labute approximate surface area is 123 Å². The van der Waals surface area contributed by atoms with E-state index in [1.54, 1.807) is 11.3 Å². The van der Waals surface area contributed by atoms with E-state index >= 15 is 0 Å². The highest BCUT2D eigenvalue weighted by Gasteiger charge is 2.19. The lowest BCUT2D eigenvalue weighted by atomic mass is 10.2. The molecule has 0 saturated heterocycles. The first kappa shape index (κ1) is 13.5. The molecule has 0 bridgehead atoms. The molecule has 2 heterocycles. The summed E-state index contributed by atoms with van der Waals surface area (Å²) in [5.41, 5.74) is 2.36. The predicted octanol–water partition coefficient (Wildman–Crippen LogP) is 2.73. The molecule has 20 heavy (non-hydrogen) atoms. The second-order valence-electron chi connectivity index (χ2n) is 5.39. The van der Waals surface area contributed by atoms with Crippen molar-refractivity contribution in [1.29, 1.82) is 0 Å². The van der Waals surface area contributed by atoms with Crippen molar-refractivity contribution in [3.63, 3.8) is 0 Å². The van der Waals surface area contributed by atoms with Gasteiger partial charge in [0.25, 0.3) is 0 Å². The molecule has 3 rings (SSSR count). The van der Waals surface area contributed by atoms with E-state index in [0.29, 0.717) is 0 Å². The van der Waals surface area contributed by atoms with Crippen molar-refractivity contribution in [2.45, 2.75) is 38.9 Å². The highest BCUT2D eigenvalue weighted by Crippen LogP contribution is 2.20. The minimum Gasteiger partial charge on any atom is -0.354 e. The number of nitrogens with zero attached hydrogens (tertiary/aromatic N) is 3. The molecule has 0 radical (unpaired) electrons. The number of hydrogen-bond acceptors (Lipinski definition) is 5. The van der Waals surface area contributed by atoms with E-state index in [1.807, 2.05) is 13.1 Å². The first-order valence-corrected chi connectivity index (χ1v) is 7.89. The minimum absolute atomic E-state index is 0.741. The zero-order chi connectivity index (χ0) is 13.9. The van der Waals surface area contributed by atoms with E-state index in [-0.39, 0.29) is 0 Å². The van der Waals surface area contributed by atoms with Gasteiger partial charge in [0, 0.05) is 31.2 Å². The molecule has 1 fully saturated rings. The van der Waals surface area contributed by atoms with Crippen molar-refractivity contribution in [2.24, 2.45) is 0 Å². The van der Waals surface area contributed by atoms with E-state index in [9.17, 15) is 0 Å². The third-order valence-electron chi connectivity index (χ3n) is 3.44. The van der Waals surface area contributed by atoms with E-state index in [0.717, 1.165) is 35.7 Å². The molecule has 0 aliphatic heterocycles. The molecule has 0 spiro atoms. The van der Waals surface area contributed by atoms with Crippen LogP contribution in [0.2, 0.25) is 0 Å². The van der Waals surface area contributed by atoms with Gasteiger partial charge < -0.3 is 10.2 Å². The van der Waals surface area contributed by atoms with Gasteiger partial charge in [-0.1, -0.05) is 6.07 Å². The van der Waals surface area contributed by atoms with E-state index in [1.165, 1.54) is 18.4 Å². The molecule has 1 N–H and O–H groups in total. The summed E-state index contributed by atoms with van der Waals surface area (Å²) in [6.07, 6.45) is 4.61. The summed E-state index contributed by atoms with van der Waals surface area (Å²) in [6.45, 7) is 3.76. The van der Waals surface area contributed by atoms with Crippen LogP contribution in [-0.2, 0) is 13.1 Å². The van der Waals surface area contributed by atoms with Gasteiger partial charge in [-0.2, -0.15) is 0 Å². The number of aryl methyl sites for hydroxylation is 1. The number of thiazole rings is 1. The van der Waals surface area contributed by atoms with Crippen LogP contribution in [-0.4, -0.2) is 23.1 Å². The molecule has 1 aliphatic rings.